The fraction of sp³-hybridized carbons (Fsp3) is 0.345. The lowest BCUT2D eigenvalue weighted by atomic mass is 9.92. The lowest BCUT2D eigenvalue weighted by Gasteiger charge is -2.38. The average molecular weight is 564 g/mol. The molecule has 2 fully saturated rings. The summed E-state index contributed by atoms with van der Waals surface area (Å²) < 4.78 is 1.81. The quantitative estimate of drug-likeness (QED) is 0.286. The smallest absolute Gasteiger partial charge is 0.222 e. The number of anilines is 3. The van der Waals surface area contributed by atoms with Crippen LogP contribution in [0.2, 0.25) is 0 Å². The average Bonchev–Trinajstić information content (AvgIpc) is 3.69. The Morgan fingerprint density at radius 1 is 1.02 bits per heavy atom. The number of rotatable bonds is 7. The third kappa shape index (κ3) is 4.82. The van der Waals surface area contributed by atoms with Crippen molar-refractivity contribution in [2.24, 2.45) is 11.8 Å². The fourth-order valence-electron chi connectivity index (χ4n) is 6.04. The first-order chi connectivity index (χ1) is 20.1. The summed E-state index contributed by atoms with van der Waals surface area (Å²) in [6, 6.07) is 12.4. The molecule has 0 aromatic carbocycles. The second-order valence-corrected chi connectivity index (χ2v) is 11.9. The lowest BCUT2D eigenvalue weighted by Crippen LogP contribution is -2.48. The summed E-state index contributed by atoms with van der Waals surface area (Å²) in [5.74, 6) is 1.73. The molecule has 7 rings (SSSR count). The van der Waals surface area contributed by atoms with Gasteiger partial charge in [-0.05, 0) is 68.9 Å². The second kappa shape index (κ2) is 10.4. The molecular weight excluding hydrogens is 534 g/mol. The molecule has 1 saturated carbocycles. The Labute approximate surface area is 241 Å². The van der Waals surface area contributed by atoms with Crippen LogP contribution in [0.3, 0.4) is 0 Å². The van der Waals surface area contributed by atoms with Gasteiger partial charge in [-0.25, -0.2) is 14.5 Å². The zero-order valence-electron chi connectivity index (χ0n) is 22.8. The van der Waals surface area contributed by atoms with E-state index in [1.807, 2.05) is 41.0 Å². The van der Waals surface area contributed by atoms with Crippen LogP contribution in [0.4, 0.5) is 16.8 Å². The lowest BCUT2D eigenvalue weighted by molar-refractivity contribution is 0.376. The minimum atomic E-state index is 0.215. The van der Waals surface area contributed by atoms with E-state index in [-0.39, 0.29) is 6.04 Å². The highest BCUT2D eigenvalue weighted by atomic mass is 32.1. The molecule has 2 aliphatic rings. The van der Waals surface area contributed by atoms with Crippen LogP contribution in [0.1, 0.15) is 32.3 Å². The van der Waals surface area contributed by atoms with Crippen LogP contribution < -0.4 is 15.5 Å². The van der Waals surface area contributed by atoms with Crippen LogP contribution in [-0.4, -0.2) is 59.9 Å². The first kappa shape index (κ1) is 25.3. The zero-order valence-corrected chi connectivity index (χ0v) is 23.6. The summed E-state index contributed by atoms with van der Waals surface area (Å²) in [6.45, 7) is 6.10. The van der Waals surface area contributed by atoms with E-state index in [1.165, 1.54) is 12.8 Å². The molecule has 12 heteroatoms. The normalized spacial score (nSPS) is 20.0. The number of nitrogens with one attached hydrogen (secondary N) is 2. The molecule has 0 amide bonds. The molecule has 11 nitrogen and oxygen atoms in total. The van der Waals surface area contributed by atoms with E-state index in [4.69, 9.17) is 4.98 Å². The maximum Gasteiger partial charge on any atom is 0.222 e. The molecule has 0 radical (unpaired) electrons. The van der Waals surface area contributed by atoms with E-state index in [0.29, 0.717) is 29.4 Å². The summed E-state index contributed by atoms with van der Waals surface area (Å²) in [5.41, 5.74) is 4.88. The highest BCUT2D eigenvalue weighted by molar-refractivity contribution is 7.18. The maximum absolute atomic E-state index is 9.22. The minimum absolute atomic E-state index is 0.215. The summed E-state index contributed by atoms with van der Waals surface area (Å²) in [5, 5.41) is 31.9. The molecule has 0 spiro atoms. The van der Waals surface area contributed by atoms with Crippen LogP contribution in [-0.2, 0) is 0 Å². The highest BCUT2D eigenvalue weighted by Crippen LogP contribution is 2.42. The van der Waals surface area contributed by atoms with E-state index in [2.05, 4.69) is 60.7 Å². The number of piperidine rings is 1. The number of fused-ring (bicyclic) bond motifs is 3. The molecular formula is C29H29N11S. The van der Waals surface area contributed by atoms with Crippen LogP contribution in [0.5, 0.6) is 0 Å². The number of nitrogens with zero attached hydrogens (tertiary/aromatic N) is 9. The van der Waals surface area contributed by atoms with Crippen LogP contribution in [0, 0.1) is 23.2 Å². The van der Waals surface area contributed by atoms with Gasteiger partial charge in [-0.1, -0.05) is 11.3 Å². The number of nitriles is 1. The van der Waals surface area contributed by atoms with Crippen LogP contribution in [0.25, 0.3) is 27.5 Å². The first-order valence-corrected chi connectivity index (χ1v) is 14.6. The van der Waals surface area contributed by atoms with Crippen molar-refractivity contribution in [3.8, 4) is 28.0 Å². The van der Waals surface area contributed by atoms with Gasteiger partial charge >= 0.3 is 0 Å². The molecule has 2 N–H and O–H groups in total. The number of hydrogen-bond acceptors (Lipinski definition) is 11. The van der Waals surface area contributed by atoms with E-state index in [0.717, 1.165) is 51.4 Å². The van der Waals surface area contributed by atoms with Gasteiger partial charge in [0.2, 0.25) is 11.1 Å². The Kier molecular flexibility index (Phi) is 6.43. The molecule has 2 atom stereocenters. The van der Waals surface area contributed by atoms with Gasteiger partial charge in [0, 0.05) is 49.5 Å². The Morgan fingerprint density at radius 3 is 2.59 bits per heavy atom. The molecule has 1 aliphatic carbocycles. The first-order valence-electron chi connectivity index (χ1n) is 13.8. The van der Waals surface area contributed by atoms with Gasteiger partial charge in [0.15, 0.2) is 5.01 Å². The van der Waals surface area contributed by atoms with Crippen molar-refractivity contribution in [1.82, 2.24) is 34.8 Å². The monoisotopic (exact) mass is 563 g/mol. The van der Waals surface area contributed by atoms with Crippen molar-refractivity contribution in [1.29, 1.82) is 5.26 Å². The third-order valence-corrected chi connectivity index (χ3v) is 8.87. The largest absolute Gasteiger partial charge is 0.382 e. The van der Waals surface area contributed by atoms with Gasteiger partial charge in [-0.3, -0.25) is 4.98 Å². The van der Waals surface area contributed by atoms with Crippen molar-refractivity contribution in [2.45, 2.75) is 38.8 Å². The molecule has 206 valence electrons. The molecule has 1 aliphatic heterocycles. The molecule has 2 bridgehead atoms. The van der Waals surface area contributed by atoms with E-state index in [9.17, 15) is 5.26 Å². The number of pyridine rings is 1. The van der Waals surface area contributed by atoms with Gasteiger partial charge in [0.1, 0.15) is 6.07 Å². The standard InChI is InChI=1S/C29H29N11S/c1-17(2)35-23-11-24(25-7-6-21-10-18(12-30)13-34-40(21)25)33-14-22(23)27-37-38-29(41-27)39-15-19-4-5-20(16-39)26(19)36-28-31-8-3-9-32-28/h3,6-11,13-14,17,19-20,26H,4-5,15-16H2,1-2H3,(H,33,35)(H,31,32,36). The predicted molar refractivity (Wildman–Crippen MR) is 159 cm³/mol. The summed E-state index contributed by atoms with van der Waals surface area (Å²) >= 11 is 1.61. The summed E-state index contributed by atoms with van der Waals surface area (Å²) in [6.07, 6.45) is 9.37. The molecule has 5 aromatic rings. The Balaban J connectivity index is 1.14. The van der Waals surface area contributed by atoms with Crippen molar-refractivity contribution >= 4 is 33.6 Å². The molecule has 41 heavy (non-hydrogen) atoms. The Bertz CT molecular complexity index is 1720. The maximum atomic E-state index is 9.22. The van der Waals surface area contributed by atoms with Gasteiger partial charge in [0.05, 0.1) is 34.2 Å². The Morgan fingerprint density at radius 2 is 1.83 bits per heavy atom. The highest BCUT2D eigenvalue weighted by Gasteiger charge is 2.43. The van der Waals surface area contributed by atoms with Crippen molar-refractivity contribution in [3.63, 3.8) is 0 Å². The molecule has 2 unspecified atom stereocenters. The van der Waals surface area contributed by atoms with Gasteiger partial charge in [-0.15, -0.1) is 10.2 Å². The second-order valence-electron chi connectivity index (χ2n) is 11.0. The van der Waals surface area contributed by atoms with E-state index >= 15 is 0 Å². The van der Waals surface area contributed by atoms with Gasteiger partial charge in [-0.2, -0.15) is 10.4 Å². The Hall–Kier alpha value is -4.63. The SMILES string of the molecule is CC(C)Nc1cc(-c2ccc3cc(C#N)cnn23)ncc1-c1nnc(N2CC3CCC(C2)C3Nc2ncccn2)s1. The van der Waals surface area contributed by atoms with Crippen LogP contribution >= 0.6 is 11.3 Å². The fourth-order valence-corrected chi connectivity index (χ4v) is 6.93. The minimum Gasteiger partial charge on any atom is -0.382 e. The zero-order chi connectivity index (χ0) is 27.9. The predicted octanol–water partition coefficient (Wildman–Crippen LogP) is 4.72. The summed E-state index contributed by atoms with van der Waals surface area (Å²) in [7, 11) is 0. The van der Waals surface area contributed by atoms with Gasteiger partial charge in [0.25, 0.3) is 0 Å². The van der Waals surface area contributed by atoms with E-state index in [1.54, 1.807) is 29.9 Å². The van der Waals surface area contributed by atoms with Gasteiger partial charge < -0.3 is 15.5 Å². The van der Waals surface area contributed by atoms with Crippen molar-refractivity contribution in [2.75, 3.05) is 28.6 Å². The number of hydrogen-bond donors (Lipinski definition) is 2. The van der Waals surface area contributed by atoms with Crippen molar-refractivity contribution in [3.05, 3.63) is 60.7 Å². The van der Waals surface area contributed by atoms with E-state index < -0.39 is 0 Å². The molecule has 6 heterocycles. The van der Waals surface area contributed by atoms with Crippen molar-refractivity contribution < 1.29 is 0 Å². The summed E-state index contributed by atoms with van der Waals surface area (Å²) in [4.78, 5) is 15.9. The van der Waals surface area contributed by atoms with Crippen LogP contribution in [0.15, 0.2) is 55.1 Å². The number of aromatic nitrogens is 7. The molecule has 5 aromatic heterocycles. The molecule has 1 saturated heterocycles. The topological polar surface area (TPSA) is 133 Å². The third-order valence-electron chi connectivity index (χ3n) is 7.85.